The number of carbonyl (C=O) groups is 1. The molecule has 8 heteroatoms. The molecule has 0 aliphatic heterocycles. The zero-order valence-corrected chi connectivity index (χ0v) is 14.7. The van der Waals surface area contributed by atoms with E-state index in [-0.39, 0.29) is 24.1 Å². The highest BCUT2D eigenvalue weighted by Gasteiger charge is 2.32. The summed E-state index contributed by atoms with van der Waals surface area (Å²) in [5.41, 5.74) is 7.80. The standard InChI is InChI=1S/C18H15ClFN5O/c1-9-16-13(24-18(21)23-9)6-10(7-15(16)26)17-22-4-5-25(17)14-3-2-11(19)8-12(14)20/h2-5,8,10H,6-7H2,1H3,(H2,21,23,24). The van der Waals surface area contributed by atoms with Crippen LogP contribution in [0.15, 0.2) is 30.6 Å². The topological polar surface area (TPSA) is 86.7 Å². The largest absolute Gasteiger partial charge is 0.368 e. The van der Waals surface area contributed by atoms with E-state index < -0.39 is 5.82 Å². The van der Waals surface area contributed by atoms with Gasteiger partial charge in [0.25, 0.3) is 0 Å². The summed E-state index contributed by atoms with van der Waals surface area (Å²) in [4.78, 5) is 25.3. The predicted molar refractivity (Wildman–Crippen MR) is 95.1 cm³/mol. The van der Waals surface area contributed by atoms with E-state index in [0.29, 0.717) is 39.9 Å². The van der Waals surface area contributed by atoms with Gasteiger partial charge >= 0.3 is 0 Å². The Bertz CT molecular complexity index is 1030. The lowest BCUT2D eigenvalue weighted by molar-refractivity contribution is 0.0960. The fraction of sp³-hybridized carbons (Fsp3) is 0.222. The van der Waals surface area contributed by atoms with Crippen molar-refractivity contribution in [2.45, 2.75) is 25.7 Å². The number of anilines is 1. The molecule has 0 saturated heterocycles. The maximum absolute atomic E-state index is 14.3. The van der Waals surface area contributed by atoms with Gasteiger partial charge in [-0.2, -0.15) is 0 Å². The van der Waals surface area contributed by atoms with E-state index in [1.165, 1.54) is 6.07 Å². The number of hydrogen-bond donors (Lipinski definition) is 1. The number of Topliss-reactive ketones (excluding diaryl/α,β-unsaturated/α-hetero) is 1. The third-order valence-electron chi connectivity index (χ3n) is 4.54. The number of aromatic nitrogens is 4. The number of nitrogens with zero attached hydrogens (tertiary/aromatic N) is 4. The van der Waals surface area contributed by atoms with Gasteiger partial charge in [-0.15, -0.1) is 0 Å². The average Bonchev–Trinajstić information content (AvgIpc) is 3.03. The van der Waals surface area contributed by atoms with Gasteiger partial charge in [-0.25, -0.2) is 19.3 Å². The van der Waals surface area contributed by atoms with Crippen LogP contribution in [0.5, 0.6) is 0 Å². The molecule has 1 unspecified atom stereocenters. The van der Waals surface area contributed by atoms with Crippen molar-refractivity contribution in [2.75, 3.05) is 5.73 Å². The molecule has 2 N–H and O–H groups in total. The van der Waals surface area contributed by atoms with Crippen LogP contribution in [0.2, 0.25) is 5.02 Å². The maximum Gasteiger partial charge on any atom is 0.220 e. The normalized spacial score (nSPS) is 16.6. The Morgan fingerprint density at radius 3 is 2.88 bits per heavy atom. The number of fused-ring (bicyclic) bond motifs is 1. The van der Waals surface area contributed by atoms with Gasteiger partial charge in [0.2, 0.25) is 5.95 Å². The SMILES string of the molecule is Cc1nc(N)nc2c1C(=O)CC(c1nccn1-c1ccc(Cl)cc1F)C2. The van der Waals surface area contributed by atoms with E-state index in [2.05, 4.69) is 15.0 Å². The zero-order valence-electron chi connectivity index (χ0n) is 13.9. The molecule has 1 aliphatic rings. The lowest BCUT2D eigenvalue weighted by atomic mass is 9.84. The van der Waals surface area contributed by atoms with Crippen LogP contribution in [0.3, 0.4) is 0 Å². The first kappa shape index (κ1) is 16.7. The number of rotatable bonds is 2. The number of nitrogens with two attached hydrogens (primary N) is 1. The first-order chi connectivity index (χ1) is 12.4. The monoisotopic (exact) mass is 371 g/mol. The molecule has 4 rings (SSSR count). The predicted octanol–water partition coefficient (Wildman–Crippen LogP) is 3.26. The molecule has 0 spiro atoms. The lowest BCUT2D eigenvalue weighted by Crippen LogP contribution is -2.24. The Labute approximate surface area is 153 Å². The number of aryl methyl sites for hydroxylation is 1. The summed E-state index contributed by atoms with van der Waals surface area (Å²) in [6, 6.07) is 4.45. The molecule has 6 nitrogen and oxygen atoms in total. The van der Waals surface area contributed by atoms with Crippen LogP contribution >= 0.6 is 11.6 Å². The molecule has 0 fully saturated rings. The molecular formula is C18H15ClFN5O. The van der Waals surface area contributed by atoms with Gasteiger partial charge in [-0.1, -0.05) is 11.6 Å². The van der Waals surface area contributed by atoms with E-state index in [9.17, 15) is 9.18 Å². The highest BCUT2D eigenvalue weighted by Crippen LogP contribution is 2.33. The van der Waals surface area contributed by atoms with Crippen molar-refractivity contribution >= 4 is 23.3 Å². The molecule has 1 aliphatic carbocycles. The van der Waals surface area contributed by atoms with E-state index in [1.54, 1.807) is 36.0 Å². The molecule has 2 heterocycles. The number of carbonyl (C=O) groups excluding carboxylic acids is 1. The molecule has 1 atom stereocenters. The second-order valence-electron chi connectivity index (χ2n) is 6.27. The lowest BCUT2D eigenvalue weighted by Gasteiger charge is -2.24. The summed E-state index contributed by atoms with van der Waals surface area (Å²) < 4.78 is 16.0. The fourth-order valence-electron chi connectivity index (χ4n) is 3.48. The Kier molecular flexibility index (Phi) is 3.96. The van der Waals surface area contributed by atoms with Gasteiger partial charge in [0, 0.05) is 36.2 Å². The molecule has 0 radical (unpaired) electrons. The van der Waals surface area contributed by atoms with E-state index >= 15 is 0 Å². The van der Waals surface area contributed by atoms with Crippen molar-refractivity contribution in [3.63, 3.8) is 0 Å². The minimum absolute atomic E-state index is 0.0557. The highest BCUT2D eigenvalue weighted by molar-refractivity contribution is 6.30. The van der Waals surface area contributed by atoms with Crippen LogP contribution in [0.25, 0.3) is 5.69 Å². The average molecular weight is 372 g/mol. The second-order valence-corrected chi connectivity index (χ2v) is 6.70. The number of ketones is 1. The van der Waals surface area contributed by atoms with Crippen LogP contribution in [-0.2, 0) is 6.42 Å². The molecule has 1 aromatic carbocycles. The van der Waals surface area contributed by atoms with Crippen LogP contribution < -0.4 is 5.73 Å². The molecule has 2 aromatic heterocycles. The molecule has 0 amide bonds. The molecule has 132 valence electrons. The Morgan fingerprint density at radius 1 is 1.31 bits per heavy atom. The van der Waals surface area contributed by atoms with Crippen LogP contribution in [-0.4, -0.2) is 25.3 Å². The Hall–Kier alpha value is -2.80. The minimum atomic E-state index is -0.457. The van der Waals surface area contributed by atoms with E-state index in [0.717, 1.165) is 0 Å². The summed E-state index contributed by atoms with van der Waals surface area (Å²) in [5, 5.41) is 0.317. The summed E-state index contributed by atoms with van der Waals surface area (Å²) in [5.74, 6) is -0.00259. The fourth-order valence-corrected chi connectivity index (χ4v) is 3.64. The first-order valence-electron chi connectivity index (χ1n) is 8.09. The number of halogens is 2. The molecule has 0 bridgehead atoms. The van der Waals surface area contributed by atoms with Gasteiger partial charge in [0.1, 0.15) is 11.6 Å². The number of benzene rings is 1. The summed E-state index contributed by atoms with van der Waals surface area (Å²) >= 11 is 5.84. The third kappa shape index (κ3) is 2.74. The van der Waals surface area contributed by atoms with E-state index in [4.69, 9.17) is 17.3 Å². The molecule has 26 heavy (non-hydrogen) atoms. The first-order valence-corrected chi connectivity index (χ1v) is 8.46. The number of nitrogen functional groups attached to an aromatic ring is 1. The van der Waals surface area contributed by atoms with Crippen molar-refractivity contribution in [1.29, 1.82) is 0 Å². The zero-order chi connectivity index (χ0) is 18.4. The quantitative estimate of drug-likeness (QED) is 0.747. The van der Waals surface area contributed by atoms with Crippen LogP contribution in [0.4, 0.5) is 10.3 Å². The van der Waals surface area contributed by atoms with Gasteiger partial charge in [-0.3, -0.25) is 4.79 Å². The van der Waals surface area contributed by atoms with Crippen molar-refractivity contribution < 1.29 is 9.18 Å². The Morgan fingerprint density at radius 2 is 2.12 bits per heavy atom. The van der Waals surface area contributed by atoms with Crippen LogP contribution in [0.1, 0.15) is 39.9 Å². The second kappa shape index (κ2) is 6.17. The van der Waals surface area contributed by atoms with Gasteiger partial charge in [-0.05, 0) is 25.1 Å². The number of hydrogen-bond acceptors (Lipinski definition) is 5. The van der Waals surface area contributed by atoms with Crippen molar-refractivity contribution in [3.05, 3.63) is 64.2 Å². The van der Waals surface area contributed by atoms with Crippen molar-refractivity contribution in [3.8, 4) is 5.69 Å². The maximum atomic E-state index is 14.3. The molecule has 0 saturated carbocycles. The molecular weight excluding hydrogens is 357 g/mol. The van der Waals surface area contributed by atoms with Gasteiger partial charge < -0.3 is 10.3 Å². The van der Waals surface area contributed by atoms with Gasteiger partial charge in [0.05, 0.1) is 22.6 Å². The van der Waals surface area contributed by atoms with Gasteiger partial charge in [0.15, 0.2) is 5.78 Å². The summed E-state index contributed by atoms with van der Waals surface area (Å²) in [7, 11) is 0. The van der Waals surface area contributed by atoms with Crippen molar-refractivity contribution in [1.82, 2.24) is 19.5 Å². The van der Waals surface area contributed by atoms with Crippen molar-refractivity contribution in [2.24, 2.45) is 0 Å². The number of imidazole rings is 1. The third-order valence-corrected chi connectivity index (χ3v) is 4.77. The molecule has 3 aromatic rings. The highest BCUT2D eigenvalue weighted by atomic mass is 35.5. The Balaban J connectivity index is 1.76. The summed E-state index contributed by atoms with van der Waals surface area (Å²) in [6.45, 7) is 1.75. The van der Waals surface area contributed by atoms with E-state index in [1.807, 2.05) is 0 Å². The summed E-state index contributed by atoms with van der Waals surface area (Å²) in [6.07, 6.45) is 4.00. The van der Waals surface area contributed by atoms with Crippen LogP contribution in [0, 0.1) is 12.7 Å². The smallest absolute Gasteiger partial charge is 0.220 e. The minimum Gasteiger partial charge on any atom is -0.368 e.